The van der Waals surface area contributed by atoms with Gasteiger partial charge < -0.3 is 14.4 Å². The summed E-state index contributed by atoms with van der Waals surface area (Å²) in [6.07, 6.45) is 0.966. The van der Waals surface area contributed by atoms with Crippen molar-refractivity contribution in [2.75, 3.05) is 34.9 Å². The zero-order chi connectivity index (χ0) is 11.3. The van der Waals surface area contributed by atoms with Crippen LogP contribution in [0.25, 0.3) is 0 Å². The van der Waals surface area contributed by atoms with Gasteiger partial charge in [-0.2, -0.15) is 0 Å². The number of methoxy groups -OCH3 is 2. The zero-order valence-corrected chi connectivity index (χ0v) is 11.1. The van der Waals surface area contributed by atoms with Crippen LogP contribution in [0, 0.1) is 0 Å². The lowest BCUT2D eigenvalue weighted by molar-refractivity contribution is 0.348. The van der Waals surface area contributed by atoms with E-state index in [2.05, 4.69) is 25.1 Å². The largest absolute Gasteiger partial charge is 0.493 e. The Balaban J connectivity index is 0.00000225. The number of benzene rings is 1. The number of likely N-dealkylation sites (N-methyl/N-ethyl adjacent to an activating group) is 1. The second kappa shape index (κ2) is 7.36. The molecule has 0 aliphatic carbocycles. The highest BCUT2D eigenvalue weighted by atomic mass is 35.5. The van der Waals surface area contributed by atoms with Gasteiger partial charge in [0.25, 0.3) is 0 Å². The molecule has 0 saturated heterocycles. The third-order valence-electron chi connectivity index (χ3n) is 2.31. The van der Waals surface area contributed by atoms with Crippen LogP contribution in [-0.2, 0) is 6.42 Å². The number of rotatable bonds is 5. The lowest BCUT2D eigenvalue weighted by atomic mass is 10.1. The summed E-state index contributed by atoms with van der Waals surface area (Å²) in [5.74, 6) is 1.65. The molecule has 1 rings (SSSR count). The van der Waals surface area contributed by atoms with E-state index in [9.17, 15) is 0 Å². The van der Waals surface area contributed by atoms with Crippen molar-refractivity contribution in [2.45, 2.75) is 6.42 Å². The molecule has 0 bridgehead atoms. The number of ether oxygens (including phenoxy) is 2. The van der Waals surface area contributed by atoms with Crippen molar-refractivity contribution in [2.24, 2.45) is 0 Å². The molecule has 0 aliphatic heterocycles. The van der Waals surface area contributed by atoms with Crippen molar-refractivity contribution in [3.05, 3.63) is 23.8 Å². The number of hydrogen-bond acceptors (Lipinski definition) is 3. The molecule has 92 valence electrons. The number of nitrogens with zero attached hydrogens (tertiary/aromatic N) is 1. The lowest BCUT2D eigenvalue weighted by Gasteiger charge is -2.14. The zero-order valence-electron chi connectivity index (χ0n) is 10.3. The average Bonchev–Trinajstić information content (AvgIpc) is 2.25. The second-order valence-corrected chi connectivity index (χ2v) is 3.71. The predicted molar refractivity (Wildman–Crippen MR) is 69.1 cm³/mol. The number of hydrogen-bond donors (Lipinski definition) is 0. The lowest BCUT2D eigenvalue weighted by Crippen LogP contribution is -2.15. The van der Waals surface area contributed by atoms with E-state index in [1.54, 1.807) is 14.2 Å². The SMILES string of the molecule is COc1cccc(CCN(C)C)c1OC.Cl. The standard InChI is InChI=1S/C12H19NO2.ClH/c1-13(2)9-8-10-6-5-7-11(14-3)12(10)15-4;/h5-7H,8-9H2,1-4H3;1H. The second-order valence-electron chi connectivity index (χ2n) is 3.71. The van der Waals surface area contributed by atoms with Crippen molar-refractivity contribution in [3.63, 3.8) is 0 Å². The highest BCUT2D eigenvalue weighted by Crippen LogP contribution is 2.30. The monoisotopic (exact) mass is 245 g/mol. The number of halogens is 1. The van der Waals surface area contributed by atoms with Gasteiger partial charge in [0.15, 0.2) is 11.5 Å². The molecular formula is C12H20ClNO2. The molecule has 0 amide bonds. The first-order chi connectivity index (χ1) is 7.19. The van der Waals surface area contributed by atoms with Crippen LogP contribution in [0.4, 0.5) is 0 Å². The van der Waals surface area contributed by atoms with E-state index in [-0.39, 0.29) is 12.4 Å². The van der Waals surface area contributed by atoms with Crippen LogP contribution in [-0.4, -0.2) is 39.8 Å². The molecule has 1 aromatic carbocycles. The van der Waals surface area contributed by atoms with Crippen molar-refractivity contribution < 1.29 is 9.47 Å². The van der Waals surface area contributed by atoms with Gasteiger partial charge >= 0.3 is 0 Å². The first-order valence-corrected chi connectivity index (χ1v) is 5.03. The number of para-hydroxylation sites is 1. The summed E-state index contributed by atoms with van der Waals surface area (Å²) < 4.78 is 10.6. The quantitative estimate of drug-likeness (QED) is 0.794. The smallest absolute Gasteiger partial charge is 0.163 e. The van der Waals surface area contributed by atoms with E-state index in [0.717, 1.165) is 24.5 Å². The maximum Gasteiger partial charge on any atom is 0.163 e. The Morgan fingerprint density at radius 1 is 1.12 bits per heavy atom. The van der Waals surface area contributed by atoms with Crippen LogP contribution in [0.15, 0.2) is 18.2 Å². The van der Waals surface area contributed by atoms with Gasteiger partial charge in [0.1, 0.15) is 0 Å². The topological polar surface area (TPSA) is 21.7 Å². The molecule has 0 radical (unpaired) electrons. The summed E-state index contributed by atoms with van der Waals surface area (Å²) in [6.45, 7) is 1.00. The fraction of sp³-hybridized carbons (Fsp3) is 0.500. The van der Waals surface area contributed by atoms with E-state index < -0.39 is 0 Å². The molecule has 0 unspecified atom stereocenters. The molecule has 0 saturated carbocycles. The normalized spacial score (nSPS) is 9.81. The minimum Gasteiger partial charge on any atom is -0.493 e. The van der Waals surface area contributed by atoms with Gasteiger partial charge in [-0.3, -0.25) is 0 Å². The van der Waals surface area contributed by atoms with E-state index in [0.29, 0.717) is 0 Å². The molecule has 0 heterocycles. The molecule has 1 aromatic rings. The van der Waals surface area contributed by atoms with Crippen LogP contribution >= 0.6 is 12.4 Å². The van der Waals surface area contributed by atoms with Crippen molar-refractivity contribution in [1.82, 2.24) is 4.90 Å². The summed E-state index contributed by atoms with van der Waals surface area (Å²) >= 11 is 0. The molecule has 0 aromatic heterocycles. The molecule has 0 aliphatic rings. The van der Waals surface area contributed by atoms with Crippen LogP contribution in [0.3, 0.4) is 0 Å². The Labute approximate surface area is 104 Å². The molecule has 3 nitrogen and oxygen atoms in total. The Kier molecular flexibility index (Phi) is 6.93. The Morgan fingerprint density at radius 2 is 1.81 bits per heavy atom. The summed E-state index contributed by atoms with van der Waals surface area (Å²) in [5.41, 5.74) is 1.19. The van der Waals surface area contributed by atoms with Gasteiger partial charge in [0, 0.05) is 6.54 Å². The first kappa shape index (κ1) is 15.1. The van der Waals surface area contributed by atoms with Gasteiger partial charge in [0.2, 0.25) is 0 Å². The summed E-state index contributed by atoms with van der Waals surface area (Å²) in [4.78, 5) is 2.15. The van der Waals surface area contributed by atoms with Gasteiger partial charge in [0.05, 0.1) is 14.2 Å². The predicted octanol–water partition coefficient (Wildman–Crippen LogP) is 2.23. The summed E-state index contributed by atoms with van der Waals surface area (Å²) in [6, 6.07) is 5.98. The van der Waals surface area contributed by atoms with Gasteiger partial charge in [-0.1, -0.05) is 12.1 Å². The minimum atomic E-state index is 0. The highest BCUT2D eigenvalue weighted by molar-refractivity contribution is 5.85. The van der Waals surface area contributed by atoms with Crippen LogP contribution in [0.2, 0.25) is 0 Å². The van der Waals surface area contributed by atoms with Crippen LogP contribution < -0.4 is 9.47 Å². The average molecular weight is 246 g/mol. The van der Waals surface area contributed by atoms with Gasteiger partial charge in [-0.15, -0.1) is 12.4 Å². The third-order valence-corrected chi connectivity index (χ3v) is 2.31. The maximum atomic E-state index is 5.36. The molecule has 4 heteroatoms. The van der Waals surface area contributed by atoms with E-state index in [1.165, 1.54) is 5.56 Å². The Bertz CT molecular complexity index is 316. The van der Waals surface area contributed by atoms with Crippen molar-refractivity contribution >= 4 is 12.4 Å². The van der Waals surface area contributed by atoms with Gasteiger partial charge in [-0.05, 0) is 32.1 Å². The third kappa shape index (κ3) is 3.91. The molecule has 0 fully saturated rings. The molecule has 0 atom stereocenters. The molecular weight excluding hydrogens is 226 g/mol. The van der Waals surface area contributed by atoms with E-state index in [1.807, 2.05) is 12.1 Å². The van der Waals surface area contributed by atoms with Crippen molar-refractivity contribution in [1.29, 1.82) is 0 Å². The first-order valence-electron chi connectivity index (χ1n) is 5.03. The Morgan fingerprint density at radius 3 is 2.31 bits per heavy atom. The maximum absolute atomic E-state index is 5.36. The summed E-state index contributed by atoms with van der Waals surface area (Å²) in [5, 5.41) is 0. The minimum absolute atomic E-state index is 0. The van der Waals surface area contributed by atoms with Crippen LogP contribution in [0.5, 0.6) is 11.5 Å². The van der Waals surface area contributed by atoms with Crippen molar-refractivity contribution in [3.8, 4) is 11.5 Å². The van der Waals surface area contributed by atoms with E-state index >= 15 is 0 Å². The van der Waals surface area contributed by atoms with Crippen LogP contribution in [0.1, 0.15) is 5.56 Å². The fourth-order valence-electron chi connectivity index (χ4n) is 1.49. The Hall–Kier alpha value is -0.930. The van der Waals surface area contributed by atoms with E-state index in [4.69, 9.17) is 9.47 Å². The highest BCUT2D eigenvalue weighted by Gasteiger charge is 2.08. The molecule has 16 heavy (non-hydrogen) atoms. The summed E-state index contributed by atoms with van der Waals surface area (Å²) in [7, 11) is 7.46. The fourth-order valence-corrected chi connectivity index (χ4v) is 1.49. The van der Waals surface area contributed by atoms with Gasteiger partial charge in [-0.25, -0.2) is 0 Å². The molecule has 0 spiro atoms. The molecule has 0 N–H and O–H groups in total.